The van der Waals surface area contributed by atoms with Crippen molar-refractivity contribution in [1.29, 1.82) is 0 Å². The minimum absolute atomic E-state index is 0.00470. The number of alkyl halides is 1. The third-order valence-corrected chi connectivity index (χ3v) is 5.88. The molecule has 0 fully saturated rings. The summed E-state index contributed by atoms with van der Waals surface area (Å²) in [5, 5.41) is 0. The number of fused-ring (bicyclic) bond motifs is 1. The van der Waals surface area contributed by atoms with Gasteiger partial charge in [-0.05, 0) is 30.9 Å². The van der Waals surface area contributed by atoms with E-state index in [0.29, 0.717) is 5.88 Å². The summed E-state index contributed by atoms with van der Waals surface area (Å²) in [4.78, 5) is 0. The van der Waals surface area contributed by atoms with E-state index in [4.69, 9.17) is 11.6 Å². The van der Waals surface area contributed by atoms with Gasteiger partial charge in [-0.2, -0.15) is 0 Å². The van der Waals surface area contributed by atoms with E-state index >= 15 is 0 Å². The Balaban J connectivity index is 2.33. The molecule has 1 aliphatic rings. The molecule has 2 unspecified atom stereocenters. The van der Waals surface area contributed by atoms with Crippen molar-refractivity contribution in [2.75, 3.05) is 15.9 Å². The first-order valence-corrected chi connectivity index (χ1v) is 8.26. The molecule has 0 saturated heterocycles. The lowest BCUT2D eigenvalue weighted by Crippen LogP contribution is -2.39. The number of hydrogen-bond donors (Lipinski definition) is 0. The van der Waals surface area contributed by atoms with Crippen molar-refractivity contribution in [1.82, 2.24) is 0 Å². The molecule has 0 spiro atoms. The SMILES string of the molecule is CC(CCl)CS(=O)(=O)N1c2ccccc2CC1C. The smallest absolute Gasteiger partial charge is 0.235 e. The van der Waals surface area contributed by atoms with Crippen LogP contribution in [0, 0.1) is 5.92 Å². The van der Waals surface area contributed by atoms with Crippen molar-refractivity contribution in [3.63, 3.8) is 0 Å². The summed E-state index contributed by atoms with van der Waals surface area (Å²) in [6.45, 7) is 3.81. The minimum Gasteiger partial charge on any atom is -0.267 e. The summed E-state index contributed by atoms with van der Waals surface area (Å²) >= 11 is 5.72. The highest BCUT2D eigenvalue weighted by molar-refractivity contribution is 7.92. The van der Waals surface area contributed by atoms with Crippen LogP contribution in [0.1, 0.15) is 19.4 Å². The van der Waals surface area contributed by atoms with Crippen molar-refractivity contribution in [2.24, 2.45) is 5.92 Å². The summed E-state index contributed by atoms with van der Waals surface area (Å²) in [5.74, 6) is 0.440. The first-order valence-electron chi connectivity index (χ1n) is 6.11. The van der Waals surface area contributed by atoms with Crippen molar-refractivity contribution >= 4 is 27.3 Å². The molecular formula is C13H18ClNO2S. The molecule has 0 aromatic heterocycles. The van der Waals surface area contributed by atoms with Crippen LogP contribution in [-0.2, 0) is 16.4 Å². The van der Waals surface area contributed by atoms with E-state index in [9.17, 15) is 8.42 Å². The van der Waals surface area contributed by atoms with Gasteiger partial charge in [-0.25, -0.2) is 8.42 Å². The van der Waals surface area contributed by atoms with Gasteiger partial charge in [-0.3, -0.25) is 4.31 Å². The van der Waals surface area contributed by atoms with E-state index in [-0.39, 0.29) is 17.7 Å². The molecule has 0 saturated carbocycles. The van der Waals surface area contributed by atoms with Crippen molar-refractivity contribution < 1.29 is 8.42 Å². The molecule has 2 atom stereocenters. The van der Waals surface area contributed by atoms with E-state index in [1.807, 2.05) is 38.1 Å². The summed E-state index contributed by atoms with van der Waals surface area (Å²) < 4.78 is 26.4. The molecule has 5 heteroatoms. The molecule has 0 aliphatic carbocycles. The van der Waals surface area contributed by atoms with Crippen LogP contribution in [0.4, 0.5) is 5.69 Å². The van der Waals surface area contributed by atoms with Crippen molar-refractivity contribution in [3.05, 3.63) is 29.8 Å². The molecule has 18 heavy (non-hydrogen) atoms. The first-order chi connectivity index (χ1) is 8.45. The molecular weight excluding hydrogens is 270 g/mol. The van der Waals surface area contributed by atoms with Crippen LogP contribution in [0.2, 0.25) is 0 Å². The molecule has 1 aromatic rings. The molecule has 1 heterocycles. The van der Waals surface area contributed by atoms with E-state index < -0.39 is 10.0 Å². The highest BCUT2D eigenvalue weighted by Crippen LogP contribution is 2.34. The number of nitrogens with zero attached hydrogens (tertiary/aromatic N) is 1. The lowest BCUT2D eigenvalue weighted by Gasteiger charge is -2.25. The molecule has 0 amide bonds. The zero-order valence-corrected chi connectivity index (χ0v) is 12.2. The average molecular weight is 288 g/mol. The van der Waals surface area contributed by atoms with Gasteiger partial charge in [0.2, 0.25) is 10.0 Å². The Labute approximate surface area is 114 Å². The fraction of sp³-hybridized carbons (Fsp3) is 0.538. The molecule has 2 rings (SSSR count). The molecule has 1 aromatic carbocycles. The maximum absolute atomic E-state index is 12.4. The van der Waals surface area contributed by atoms with E-state index in [2.05, 4.69) is 0 Å². The van der Waals surface area contributed by atoms with Crippen LogP contribution < -0.4 is 4.31 Å². The van der Waals surface area contributed by atoms with Crippen LogP contribution in [0.15, 0.2) is 24.3 Å². The zero-order valence-electron chi connectivity index (χ0n) is 10.6. The summed E-state index contributed by atoms with van der Waals surface area (Å²) in [6.07, 6.45) is 0.782. The van der Waals surface area contributed by atoms with E-state index in [0.717, 1.165) is 17.7 Å². The quantitative estimate of drug-likeness (QED) is 0.799. The molecule has 1 aliphatic heterocycles. The van der Waals surface area contributed by atoms with Crippen LogP contribution in [0.3, 0.4) is 0 Å². The highest BCUT2D eigenvalue weighted by Gasteiger charge is 2.35. The number of para-hydroxylation sites is 1. The van der Waals surface area contributed by atoms with Gasteiger partial charge in [0, 0.05) is 11.9 Å². The lowest BCUT2D eigenvalue weighted by molar-refractivity contribution is 0.572. The van der Waals surface area contributed by atoms with Gasteiger partial charge < -0.3 is 0 Å². The summed E-state index contributed by atoms with van der Waals surface area (Å²) in [6, 6.07) is 7.69. The standard InChI is InChI=1S/C13H18ClNO2S/c1-10(8-14)9-18(16,17)15-11(2)7-12-5-3-4-6-13(12)15/h3-6,10-11H,7-9H2,1-2H3. The van der Waals surface area contributed by atoms with Gasteiger partial charge in [0.15, 0.2) is 0 Å². The number of halogens is 1. The van der Waals surface area contributed by atoms with Crippen LogP contribution in [-0.4, -0.2) is 26.1 Å². The average Bonchev–Trinajstić information content (AvgIpc) is 2.64. The predicted molar refractivity (Wildman–Crippen MR) is 75.8 cm³/mol. The second kappa shape index (κ2) is 5.10. The number of anilines is 1. The fourth-order valence-corrected chi connectivity index (χ4v) is 4.78. The predicted octanol–water partition coefficient (Wildman–Crippen LogP) is 2.64. The van der Waals surface area contributed by atoms with Crippen molar-refractivity contribution in [3.8, 4) is 0 Å². The minimum atomic E-state index is -3.29. The van der Waals surface area contributed by atoms with Gasteiger partial charge in [-0.1, -0.05) is 25.1 Å². The van der Waals surface area contributed by atoms with Crippen LogP contribution in [0.5, 0.6) is 0 Å². The topological polar surface area (TPSA) is 37.4 Å². The maximum Gasteiger partial charge on any atom is 0.235 e. The number of sulfonamides is 1. The van der Waals surface area contributed by atoms with Gasteiger partial charge in [-0.15, -0.1) is 11.6 Å². The molecule has 3 nitrogen and oxygen atoms in total. The van der Waals surface area contributed by atoms with Crippen LogP contribution in [0.25, 0.3) is 0 Å². The van der Waals surface area contributed by atoms with E-state index in [1.54, 1.807) is 4.31 Å². The van der Waals surface area contributed by atoms with E-state index in [1.165, 1.54) is 0 Å². The van der Waals surface area contributed by atoms with Crippen molar-refractivity contribution in [2.45, 2.75) is 26.3 Å². The summed E-state index contributed by atoms with van der Waals surface area (Å²) in [5.41, 5.74) is 1.93. The summed E-state index contributed by atoms with van der Waals surface area (Å²) in [7, 11) is -3.29. The molecule has 100 valence electrons. The normalized spacial score (nSPS) is 20.8. The Morgan fingerprint density at radius 3 is 2.78 bits per heavy atom. The lowest BCUT2D eigenvalue weighted by atomic mass is 10.1. The third-order valence-electron chi connectivity index (χ3n) is 3.20. The zero-order chi connectivity index (χ0) is 13.3. The third kappa shape index (κ3) is 2.50. The Hall–Kier alpha value is -0.740. The molecule has 0 N–H and O–H groups in total. The Bertz CT molecular complexity index is 530. The first kappa shape index (κ1) is 13.7. The van der Waals surface area contributed by atoms with Gasteiger partial charge in [0.1, 0.15) is 0 Å². The fourth-order valence-electron chi connectivity index (χ4n) is 2.45. The number of rotatable bonds is 4. The van der Waals surface area contributed by atoms with Gasteiger partial charge >= 0.3 is 0 Å². The number of hydrogen-bond acceptors (Lipinski definition) is 2. The molecule has 0 radical (unpaired) electrons. The van der Waals surface area contributed by atoms with Gasteiger partial charge in [0.05, 0.1) is 11.4 Å². The monoisotopic (exact) mass is 287 g/mol. The second-order valence-corrected chi connectivity index (χ2v) is 7.21. The Kier molecular flexibility index (Phi) is 3.87. The Morgan fingerprint density at radius 2 is 2.11 bits per heavy atom. The van der Waals surface area contributed by atoms with Gasteiger partial charge in [0.25, 0.3) is 0 Å². The second-order valence-electron chi connectivity index (χ2n) is 5.02. The molecule has 0 bridgehead atoms. The number of benzene rings is 1. The largest absolute Gasteiger partial charge is 0.267 e. The van der Waals surface area contributed by atoms with Crippen LogP contribution >= 0.6 is 11.6 Å². The Morgan fingerprint density at radius 1 is 1.44 bits per heavy atom. The maximum atomic E-state index is 12.4. The highest BCUT2D eigenvalue weighted by atomic mass is 35.5.